The highest BCUT2D eigenvalue weighted by Gasteiger charge is 2.44. The number of esters is 1. The third kappa shape index (κ3) is 5.09. The van der Waals surface area contributed by atoms with Crippen LogP contribution in [-0.4, -0.2) is 38.7 Å². The smallest absolute Gasteiger partial charge is 0.317 e. The molecule has 160 valence electrons. The molecule has 3 rings (SSSR count). The lowest BCUT2D eigenvalue weighted by atomic mass is 9.79. The molecular weight excluding hydrogens is 389 g/mol. The second-order valence-electron chi connectivity index (χ2n) is 7.22. The van der Waals surface area contributed by atoms with Crippen LogP contribution in [-0.2, 0) is 19.7 Å². The second kappa shape index (κ2) is 10.1. The lowest BCUT2D eigenvalue weighted by Gasteiger charge is -2.27. The SMILES string of the molecule is COc1ccccc1OCCNC(=O)COC(=O)C1(c2ccc(F)cc2)CCCC1. The van der Waals surface area contributed by atoms with Crippen molar-refractivity contribution in [3.05, 3.63) is 59.9 Å². The highest BCUT2D eigenvalue weighted by atomic mass is 19.1. The molecule has 1 fully saturated rings. The molecular formula is C23H26FNO5. The Kier molecular flexibility index (Phi) is 7.27. The number of hydrogen-bond donors (Lipinski definition) is 1. The third-order valence-corrected chi connectivity index (χ3v) is 5.33. The van der Waals surface area contributed by atoms with Gasteiger partial charge in [-0.05, 0) is 42.7 Å². The van der Waals surface area contributed by atoms with Gasteiger partial charge in [-0.15, -0.1) is 0 Å². The molecule has 2 aromatic rings. The van der Waals surface area contributed by atoms with Gasteiger partial charge in [0.25, 0.3) is 5.91 Å². The molecule has 6 nitrogen and oxygen atoms in total. The Balaban J connectivity index is 1.46. The van der Waals surface area contributed by atoms with Gasteiger partial charge in [-0.2, -0.15) is 0 Å². The fourth-order valence-electron chi connectivity index (χ4n) is 3.77. The van der Waals surface area contributed by atoms with Crippen molar-refractivity contribution in [2.75, 3.05) is 26.9 Å². The molecule has 0 radical (unpaired) electrons. The Hall–Kier alpha value is -3.09. The number of halogens is 1. The lowest BCUT2D eigenvalue weighted by Crippen LogP contribution is -2.38. The predicted molar refractivity (Wildman–Crippen MR) is 109 cm³/mol. The van der Waals surface area contributed by atoms with E-state index in [0.29, 0.717) is 24.3 Å². The van der Waals surface area contributed by atoms with E-state index in [1.807, 2.05) is 12.1 Å². The third-order valence-electron chi connectivity index (χ3n) is 5.33. The van der Waals surface area contributed by atoms with Crippen LogP contribution in [0.5, 0.6) is 11.5 Å². The summed E-state index contributed by atoms with van der Waals surface area (Å²) in [5, 5.41) is 2.66. The first-order chi connectivity index (χ1) is 14.5. The van der Waals surface area contributed by atoms with Crippen LogP contribution in [0, 0.1) is 5.82 Å². The van der Waals surface area contributed by atoms with E-state index in [0.717, 1.165) is 18.4 Å². The molecule has 0 saturated heterocycles. The molecule has 0 spiro atoms. The van der Waals surface area contributed by atoms with Crippen LogP contribution in [0.3, 0.4) is 0 Å². The van der Waals surface area contributed by atoms with Crippen molar-refractivity contribution in [2.24, 2.45) is 0 Å². The minimum absolute atomic E-state index is 0.250. The Bertz CT molecular complexity index is 862. The summed E-state index contributed by atoms with van der Waals surface area (Å²) in [5.41, 5.74) is -0.0713. The fourth-order valence-corrected chi connectivity index (χ4v) is 3.77. The van der Waals surface area contributed by atoms with E-state index >= 15 is 0 Å². The van der Waals surface area contributed by atoms with Crippen molar-refractivity contribution in [3.8, 4) is 11.5 Å². The zero-order chi connectivity index (χ0) is 21.4. The topological polar surface area (TPSA) is 73.9 Å². The van der Waals surface area contributed by atoms with Gasteiger partial charge in [0.1, 0.15) is 12.4 Å². The van der Waals surface area contributed by atoms with E-state index in [1.165, 1.54) is 12.1 Å². The number of rotatable bonds is 9. The number of methoxy groups -OCH3 is 1. The Morgan fingerprint density at radius 3 is 2.37 bits per heavy atom. The van der Waals surface area contributed by atoms with E-state index in [-0.39, 0.29) is 25.6 Å². The summed E-state index contributed by atoms with van der Waals surface area (Å²) >= 11 is 0. The molecule has 30 heavy (non-hydrogen) atoms. The zero-order valence-electron chi connectivity index (χ0n) is 17.0. The fraction of sp³-hybridized carbons (Fsp3) is 0.391. The van der Waals surface area contributed by atoms with Crippen molar-refractivity contribution < 1.29 is 28.2 Å². The number of para-hydroxylation sites is 2. The van der Waals surface area contributed by atoms with Crippen LogP contribution in [0.1, 0.15) is 31.2 Å². The maximum absolute atomic E-state index is 13.3. The molecule has 2 aromatic carbocycles. The number of nitrogens with one attached hydrogen (secondary N) is 1. The number of ether oxygens (including phenoxy) is 3. The largest absolute Gasteiger partial charge is 0.493 e. The summed E-state index contributed by atoms with van der Waals surface area (Å²) in [4.78, 5) is 24.9. The summed E-state index contributed by atoms with van der Waals surface area (Å²) in [6.07, 6.45) is 3.04. The normalized spacial score (nSPS) is 14.7. The average molecular weight is 415 g/mol. The molecule has 1 amide bonds. The molecule has 0 bridgehead atoms. The molecule has 0 atom stereocenters. The maximum Gasteiger partial charge on any atom is 0.317 e. The van der Waals surface area contributed by atoms with Crippen molar-refractivity contribution in [1.82, 2.24) is 5.32 Å². The highest BCUT2D eigenvalue weighted by molar-refractivity contribution is 5.86. The monoisotopic (exact) mass is 415 g/mol. The molecule has 1 saturated carbocycles. The minimum Gasteiger partial charge on any atom is -0.493 e. The van der Waals surface area contributed by atoms with Gasteiger partial charge in [0.05, 0.1) is 19.1 Å². The molecule has 1 aliphatic carbocycles. The van der Waals surface area contributed by atoms with Crippen molar-refractivity contribution in [2.45, 2.75) is 31.1 Å². The molecule has 1 aliphatic rings. The maximum atomic E-state index is 13.3. The molecule has 0 heterocycles. The van der Waals surface area contributed by atoms with Gasteiger partial charge in [0, 0.05) is 0 Å². The number of carbonyl (C=O) groups is 2. The van der Waals surface area contributed by atoms with Crippen molar-refractivity contribution >= 4 is 11.9 Å². The highest BCUT2D eigenvalue weighted by Crippen LogP contribution is 2.42. The summed E-state index contributed by atoms with van der Waals surface area (Å²) in [6.45, 7) is 0.146. The number of hydrogen-bond acceptors (Lipinski definition) is 5. The van der Waals surface area contributed by atoms with Gasteiger partial charge in [-0.25, -0.2) is 4.39 Å². The van der Waals surface area contributed by atoms with E-state index in [2.05, 4.69) is 5.32 Å². The quantitative estimate of drug-likeness (QED) is 0.502. The summed E-state index contributed by atoms with van der Waals surface area (Å²) in [6, 6.07) is 13.2. The average Bonchev–Trinajstić information content (AvgIpc) is 3.27. The summed E-state index contributed by atoms with van der Waals surface area (Å²) in [7, 11) is 1.56. The van der Waals surface area contributed by atoms with Crippen LogP contribution in [0.25, 0.3) is 0 Å². The van der Waals surface area contributed by atoms with Crippen molar-refractivity contribution in [3.63, 3.8) is 0 Å². The van der Waals surface area contributed by atoms with Crippen LogP contribution in [0.4, 0.5) is 4.39 Å². The molecule has 7 heteroatoms. The summed E-state index contributed by atoms with van der Waals surface area (Å²) in [5.74, 6) is 0.00445. The molecule has 0 aromatic heterocycles. The van der Waals surface area contributed by atoms with E-state index in [1.54, 1.807) is 31.4 Å². The number of carbonyl (C=O) groups excluding carboxylic acids is 2. The predicted octanol–water partition coefficient (Wildman–Crippen LogP) is 3.38. The minimum atomic E-state index is -0.805. The molecule has 1 N–H and O–H groups in total. The standard InChI is InChI=1S/C23H26FNO5/c1-28-19-6-2-3-7-20(19)29-15-14-25-21(26)16-30-22(27)23(12-4-5-13-23)17-8-10-18(24)11-9-17/h2-3,6-11H,4-5,12-16H2,1H3,(H,25,26). The Morgan fingerprint density at radius 1 is 1.03 bits per heavy atom. The van der Waals surface area contributed by atoms with Gasteiger partial charge in [0.15, 0.2) is 18.1 Å². The van der Waals surface area contributed by atoms with Crippen LogP contribution in [0.15, 0.2) is 48.5 Å². The first kappa shape index (κ1) is 21.6. The first-order valence-corrected chi connectivity index (χ1v) is 10.0. The van der Waals surface area contributed by atoms with E-state index in [4.69, 9.17) is 14.2 Å². The van der Waals surface area contributed by atoms with Gasteiger partial charge >= 0.3 is 5.97 Å². The molecule has 0 aliphatic heterocycles. The van der Waals surface area contributed by atoms with E-state index in [9.17, 15) is 14.0 Å². The van der Waals surface area contributed by atoms with Crippen LogP contribution < -0.4 is 14.8 Å². The molecule has 0 unspecified atom stereocenters. The number of benzene rings is 2. The second-order valence-corrected chi connectivity index (χ2v) is 7.22. The Morgan fingerprint density at radius 2 is 1.70 bits per heavy atom. The van der Waals surface area contributed by atoms with Crippen LogP contribution >= 0.6 is 0 Å². The van der Waals surface area contributed by atoms with Gasteiger partial charge < -0.3 is 19.5 Å². The summed E-state index contributed by atoms with van der Waals surface area (Å²) < 4.78 is 29.4. The van der Waals surface area contributed by atoms with Gasteiger partial charge in [-0.3, -0.25) is 9.59 Å². The lowest BCUT2D eigenvalue weighted by molar-refractivity contribution is -0.154. The zero-order valence-corrected chi connectivity index (χ0v) is 17.0. The van der Waals surface area contributed by atoms with Gasteiger partial charge in [0.2, 0.25) is 0 Å². The van der Waals surface area contributed by atoms with E-state index < -0.39 is 17.3 Å². The van der Waals surface area contributed by atoms with Crippen molar-refractivity contribution in [1.29, 1.82) is 0 Å². The van der Waals surface area contributed by atoms with Crippen LogP contribution in [0.2, 0.25) is 0 Å². The first-order valence-electron chi connectivity index (χ1n) is 10.0. The van der Waals surface area contributed by atoms with Gasteiger partial charge in [-0.1, -0.05) is 37.1 Å². The Labute approximate surface area is 175 Å². The number of amides is 1.